The predicted octanol–water partition coefficient (Wildman–Crippen LogP) is 5.32. The summed E-state index contributed by atoms with van der Waals surface area (Å²) in [7, 11) is 4.18. The number of piperidine rings is 1. The number of fused-ring (bicyclic) bond motifs is 1. The van der Waals surface area contributed by atoms with Crippen molar-refractivity contribution in [1.29, 1.82) is 0 Å². The Morgan fingerprint density at radius 2 is 1.88 bits per heavy atom. The van der Waals surface area contributed by atoms with Crippen LogP contribution in [0.25, 0.3) is 10.9 Å². The van der Waals surface area contributed by atoms with Crippen molar-refractivity contribution >= 4 is 34.0 Å². The van der Waals surface area contributed by atoms with E-state index in [-0.39, 0.29) is 6.10 Å². The van der Waals surface area contributed by atoms with E-state index in [2.05, 4.69) is 51.2 Å². The lowest BCUT2D eigenvalue weighted by atomic mass is 10.1. The Morgan fingerprint density at radius 3 is 2.65 bits per heavy atom. The van der Waals surface area contributed by atoms with Crippen molar-refractivity contribution in [3.8, 4) is 5.75 Å². The number of benzene rings is 2. The smallest absolute Gasteiger partial charge is 0.227 e. The SMILES string of the molecule is Cc1cc(Nc2ncc3c(OC4CCN(C)CC4)cccc3n2)ccc1N(C)c1ccccn1. The fourth-order valence-corrected chi connectivity index (χ4v) is 4.39. The van der Waals surface area contributed by atoms with Crippen molar-refractivity contribution in [2.24, 2.45) is 0 Å². The number of rotatable bonds is 6. The lowest BCUT2D eigenvalue weighted by Crippen LogP contribution is -2.35. The Bertz CT molecular complexity index is 1270. The molecule has 0 aliphatic carbocycles. The third kappa shape index (κ3) is 4.79. The Labute approximate surface area is 200 Å². The van der Waals surface area contributed by atoms with Crippen molar-refractivity contribution in [2.45, 2.75) is 25.9 Å². The summed E-state index contributed by atoms with van der Waals surface area (Å²) >= 11 is 0. The molecule has 174 valence electrons. The summed E-state index contributed by atoms with van der Waals surface area (Å²) in [6.07, 6.45) is 5.98. The number of aromatic nitrogens is 3. The van der Waals surface area contributed by atoms with Crippen LogP contribution < -0.4 is 15.0 Å². The molecule has 5 rings (SSSR count). The van der Waals surface area contributed by atoms with E-state index in [1.165, 1.54) is 0 Å². The first kappa shape index (κ1) is 22.1. The molecule has 0 spiro atoms. The van der Waals surface area contributed by atoms with Gasteiger partial charge >= 0.3 is 0 Å². The van der Waals surface area contributed by atoms with Crippen LogP contribution >= 0.6 is 0 Å². The van der Waals surface area contributed by atoms with E-state index in [0.717, 1.165) is 65.3 Å². The van der Waals surface area contributed by atoms with Crippen LogP contribution in [-0.2, 0) is 0 Å². The highest BCUT2D eigenvalue weighted by Crippen LogP contribution is 2.30. The van der Waals surface area contributed by atoms with Gasteiger partial charge < -0.3 is 19.9 Å². The number of ether oxygens (including phenoxy) is 1. The Morgan fingerprint density at radius 1 is 1.03 bits per heavy atom. The lowest BCUT2D eigenvalue weighted by Gasteiger charge is -2.29. The molecule has 0 bridgehead atoms. The fraction of sp³-hybridized carbons (Fsp3) is 0.296. The normalized spacial score (nSPS) is 14.8. The van der Waals surface area contributed by atoms with Gasteiger partial charge in [0.25, 0.3) is 0 Å². The molecule has 7 heteroatoms. The molecule has 0 unspecified atom stereocenters. The van der Waals surface area contributed by atoms with Crippen LogP contribution in [0.1, 0.15) is 18.4 Å². The number of aryl methyl sites for hydroxylation is 1. The van der Waals surface area contributed by atoms with Gasteiger partial charge in [-0.1, -0.05) is 12.1 Å². The molecule has 4 aromatic rings. The second-order valence-electron chi connectivity index (χ2n) is 8.88. The molecule has 34 heavy (non-hydrogen) atoms. The second-order valence-corrected chi connectivity index (χ2v) is 8.88. The first-order valence-corrected chi connectivity index (χ1v) is 11.7. The average Bonchev–Trinajstić information content (AvgIpc) is 2.86. The summed E-state index contributed by atoms with van der Waals surface area (Å²) in [5.41, 5.74) is 4.03. The van der Waals surface area contributed by atoms with Gasteiger partial charge in [0.2, 0.25) is 5.95 Å². The van der Waals surface area contributed by atoms with Crippen molar-refractivity contribution in [1.82, 2.24) is 19.9 Å². The van der Waals surface area contributed by atoms with Crippen LogP contribution in [0.2, 0.25) is 0 Å². The first-order chi connectivity index (χ1) is 16.6. The van der Waals surface area contributed by atoms with Crippen LogP contribution in [0.3, 0.4) is 0 Å². The number of nitrogens with one attached hydrogen (secondary N) is 1. The molecule has 0 amide bonds. The highest BCUT2D eigenvalue weighted by Gasteiger charge is 2.19. The summed E-state index contributed by atoms with van der Waals surface area (Å²) in [6, 6.07) is 18.1. The van der Waals surface area contributed by atoms with Crippen LogP contribution in [0.4, 0.5) is 23.1 Å². The molecule has 2 aromatic heterocycles. The Balaban J connectivity index is 1.32. The highest BCUT2D eigenvalue weighted by molar-refractivity contribution is 5.85. The minimum Gasteiger partial charge on any atom is -0.490 e. The lowest BCUT2D eigenvalue weighted by molar-refractivity contribution is 0.115. The van der Waals surface area contributed by atoms with E-state index in [1.54, 1.807) is 6.20 Å². The van der Waals surface area contributed by atoms with E-state index < -0.39 is 0 Å². The fourth-order valence-electron chi connectivity index (χ4n) is 4.39. The maximum atomic E-state index is 6.33. The number of pyridine rings is 1. The van der Waals surface area contributed by atoms with E-state index in [9.17, 15) is 0 Å². The maximum Gasteiger partial charge on any atom is 0.227 e. The summed E-state index contributed by atoms with van der Waals surface area (Å²) in [4.78, 5) is 18.2. The number of hydrogen-bond acceptors (Lipinski definition) is 7. The molecule has 3 heterocycles. The highest BCUT2D eigenvalue weighted by atomic mass is 16.5. The van der Waals surface area contributed by atoms with Crippen molar-refractivity contribution in [3.63, 3.8) is 0 Å². The van der Waals surface area contributed by atoms with Gasteiger partial charge in [-0.15, -0.1) is 0 Å². The third-order valence-electron chi connectivity index (χ3n) is 6.35. The van der Waals surface area contributed by atoms with E-state index in [4.69, 9.17) is 9.72 Å². The van der Waals surface area contributed by atoms with Crippen LogP contribution in [0.5, 0.6) is 5.75 Å². The van der Waals surface area contributed by atoms with Crippen LogP contribution in [0, 0.1) is 6.92 Å². The third-order valence-corrected chi connectivity index (χ3v) is 6.35. The van der Waals surface area contributed by atoms with Crippen LogP contribution in [0.15, 0.2) is 67.0 Å². The summed E-state index contributed by atoms with van der Waals surface area (Å²) in [6.45, 7) is 4.22. The number of hydrogen-bond donors (Lipinski definition) is 1. The van der Waals surface area contributed by atoms with E-state index in [1.807, 2.05) is 55.7 Å². The summed E-state index contributed by atoms with van der Waals surface area (Å²) in [5, 5.41) is 4.29. The minimum atomic E-state index is 0.241. The molecule has 0 radical (unpaired) electrons. The zero-order valence-electron chi connectivity index (χ0n) is 19.9. The molecule has 1 fully saturated rings. The van der Waals surface area contributed by atoms with Gasteiger partial charge in [0.1, 0.15) is 17.7 Å². The standard InChI is InChI=1S/C27H30N6O/c1-19-17-20(10-11-24(19)33(3)26-9-4-5-14-28-26)30-27-29-18-22-23(31-27)7-6-8-25(22)34-21-12-15-32(2)16-13-21/h4-11,14,17-18,21H,12-13,15-16H2,1-3H3,(H,29,30,31). The molecule has 0 atom stereocenters. The molecule has 0 saturated carbocycles. The van der Waals surface area contributed by atoms with E-state index in [0.29, 0.717) is 5.95 Å². The molecular formula is C27H30N6O. The monoisotopic (exact) mass is 454 g/mol. The van der Waals surface area contributed by atoms with Gasteiger partial charge in [-0.2, -0.15) is 0 Å². The van der Waals surface area contributed by atoms with Gasteiger partial charge in [0, 0.05) is 43.9 Å². The van der Waals surface area contributed by atoms with Crippen molar-refractivity contribution in [3.05, 3.63) is 72.6 Å². The van der Waals surface area contributed by atoms with E-state index >= 15 is 0 Å². The number of anilines is 4. The molecule has 1 N–H and O–H groups in total. The number of nitrogens with zero attached hydrogens (tertiary/aromatic N) is 5. The molecule has 7 nitrogen and oxygen atoms in total. The number of likely N-dealkylation sites (tertiary alicyclic amines) is 1. The van der Waals surface area contributed by atoms with Crippen molar-refractivity contribution in [2.75, 3.05) is 37.4 Å². The van der Waals surface area contributed by atoms with Crippen molar-refractivity contribution < 1.29 is 4.74 Å². The van der Waals surface area contributed by atoms with Gasteiger partial charge in [-0.25, -0.2) is 15.0 Å². The quantitative estimate of drug-likeness (QED) is 0.423. The summed E-state index contributed by atoms with van der Waals surface area (Å²) in [5.74, 6) is 2.33. The minimum absolute atomic E-state index is 0.241. The van der Waals surface area contributed by atoms with Crippen LogP contribution in [-0.4, -0.2) is 53.1 Å². The molecule has 1 aliphatic rings. The summed E-state index contributed by atoms with van der Waals surface area (Å²) < 4.78 is 6.33. The Kier molecular flexibility index (Phi) is 6.27. The zero-order chi connectivity index (χ0) is 23.5. The average molecular weight is 455 g/mol. The second kappa shape index (κ2) is 9.65. The molecule has 1 saturated heterocycles. The Hall–Kier alpha value is -3.71. The topological polar surface area (TPSA) is 66.4 Å². The zero-order valence-corrected chi connectivity index (χ0v) is 19.9. The largest absolute Gasteiger partial charge is 0.490 e. The molecule has 1 aliphatic heterocycles. The first-order valence-electron chi connectivity index (χ1n) is 11.7. The van der Waals surface area contributed by atoms with Gasteiger partial charge in [0.15, 0.2) is 0 Å². The van der Waals surface area contributed by atoms with Gasteiger partial charge in [-0.05, 0) is 74.8 Å². The van der Waals surface area contributed by atoms with Gasteiger partial charge in [0.05, 0.1) is 10.9 Å². The predicted molar refractivity (Wildman–Crippen MR) is 137 cm³/mol. The molecule has 2 aromatic carbocycles. The van der Waals surface area contributed by atoms with Gasteiger partial charge in [-0.3, -0.25) is 0 Å². The maximum absolute atomic E-state index is 6.33. The molecular weight excluding hydrogens is 424 g/mol.